The van der Waals surface area contributed by atoms with Gasteiger partial charge in [0.15, 0.2) is 0 Å². The van der Waals surface area contributed by atoms with Crippen molar-refractivity contribution in [2.75, 3.05) is 31.9 Å². The van der Waals surface area contributed by atoms with Gasteiger partial charge in [0.1, 0.15) is 0 Å². The first-order valence-electron chi connectivity index (χ1n) is 5.20. The molecule has 1 aromatic carbocycles. The van der Waals surface area contributed by atoms with Gasteiger partial charge in [0, 0.05) is 41.6 Å². The van der Waals surface area contributed by atoms with Crippen molar-refractivity contribution >= 4 is 27.8 Å². The van der Waals surface area contributed by atoms with Crippen molar-refractivity contribution in [3.05, 3.63) is 28.2 Å². The van der Waals surface area contributed by atoms with Crippen molar-refractivity contribution in [2.45, 2.75) is 0 Å². The highest BCUT2D eigenvalue weighted by molar-refractivity contribution is 9.10. The van der Waals surface area contributed by atoms with Crippen LogP contribution in [0, 0.1) is 0 Å². The largest absolute Gasteiger partial charge is 0.398 e. The molecule has 0 aliphatic rings. The fourth-order valence-corrected chi connectivity index (χ4v) is 1.70. The second-order valence-electron chi connectivity index (χ2n) is 3.32. The number of nitrogens with zero attached hydrogens (tertiary/aromatic N) is 1. The maximum atomic E-state index is 5.83. The zero-order valence-corrected chi connectivity index (χ0v) is 10.7. The maximum absolute atomic E-state index is 5.83. The first kappa shape index (κ1) is 13.2. The summed E-state index contributed by atoms with van der Waals surface area (Å²) in [5.41, 5.74) is 12.8. The molecule has 0 bridgehead atoms. The van der Waals surface area contributed by atoms with Gasteiger partial charge in [0.05, 0.1) is 6.54 Å². The minimum absolute atomic E-state index is 0.654. The van der Waals surface area contributed by atoms with E-state index in [4.69, 9.17) is 11.5 Å². The number of hydrogen-bond donors (Lipinski definition) is 3. The van der Waals surface area contributed by atoms with E-state index in [9.17, 15) is 0 Å². The van der Waals surface area contributed by atoms with Crippen molar-refractivity contribution in [3.8, 4) is 0 Å². The predicted molar refractivity (Wildman–Crippen MR) is 72.9 cm³/mol. The van der Waals surface area contributed by atoms with Gasteiger partial charge >= 0.3 is 0 Å². The Morgan fingerprint density at radius 2 is 2.19 bits per heavy atom. The summed E-state index contributed by atoms with van der Waals surface area (Å²) in [7, 11) is 0. The van der Waals surface area contributed by atoms with Crippen LogP contribution in [-0.4, -0.2) is 32.4 Å². The number of aliphatic imine (C=N–C) groups is 1. The van der Waals surface area contributed by atoms with Crippen LogP contribution in [0.1, 0.15) is 5.56 Å². The molecule has 0 unspecified atom stereocenters. The fraction of sp³-hybridized carbons (Fsp3) is 0.364. The lowest BCUT2D eigenvalue weighted by Crippen LogP contribution is -2.24. The second-order valence-corrected chi connectivity index (χ2v) is 4.17. The number of nitrogens with one attached hydrogen (secondary N) is 1. The van der Waals surface area contributed by atoms with Crippen molar-refractivity contribution in [1.29, 1.82) is 0 Å². The van der Waals surface area contributed by atoms with E-state index in [1.54, 1.807) is 6.21 Å². The SMILES string of the molecule is NCCNCCN=Cc1c(N)cccc1Br. The van der Waals surface area contributed by atoms with Gasteiger partial charge in [-0.05, 0) is 12.1 Å². The molecule has 5 heteroatoms. The van der Waals surface area contributed by atoms with Gasteiger partial charge in [-0.2, -0.15) is 0 Å². The zero-order chi connectivity index (χ0) is 11.8. The normalized spacial score (nSPS) is 11.1. The number of hydrogen-bond acceptors (Lipinski definition) is 4. The Morgan fingerprint density at radius 3 is 2.88 bits per heavy atom. The molecule has 88 valence electrons. The molecule has 0 saturated heterocycles. The molecule has 5 N–H and O–H groups in total. The number of halogens is 1. The summed E-state index contributed by atoms with van der Waals surface area (Å²) in [4.78, 5) is 4.30. The van der Waals surface area contributed by atoms with Crippen LogP contribution in [0.2, 0.25) is 0 Å². The first-order valence-corrected chi connectivity index (χ1v) is 5.99. The lowest BCUT2D eigenvalue weighted by molar-refractivity contribution is 0.697. The molecule has 0 heterocycles. The van der Waals surface area contributed by atoms with Gasteiger partial charge in [-0.3, -0.25) is 4.99 Å². The average Bonchev–Trinajstić information content (AvgIpc) is 2.26. The number of anilines is 1. The van der Waals surface area contributed by atoms with Crippen LogP contribution in [0.5, 0.6) is 0 Å². The molecule has 1 aromatic rings. The molecule has 4 nitrogen and oxygen atoms in total. The van der Waals surface area contributed by atoms with E-state index in [0.29, 0.717) is 6.54 Å². The average molecular weight is 285 g/mol. The topological polar surface area (TPSA) is 76.4 Å². The van der Waals surface area contributed by atoms with Crippen LogP contribution in [0.3, 0.4) is 0 Å². The molecule has 0 aliphatic carbocycles. The van der Waals surface area contributed by atoms with Gasteiger partial charge in [-0.1, -0.05) is 22.0 Å². The third-order valence-electron chi connectivity index (χ3n) is 2.05. The van der Waals surface area contributed by atoms with Gasteiger partial charge in [0.2, 0.25) is 0 Å². The molecular weight excluding hydrogens is 268 g/mol. The third-order valence-corrected chi connectivity index (χ3v) is 2.74. The lowest BCUT2D eigenvalue weighted by atomic mass is 10.2. The minimum atomic E-state index is 0.654. The van der Waals surface area contributed by atoms with Crippen LogP contribution in [0.15, 0.2) is 27.7 Å². The summed E-state index contributed by atoms with van der Waals surface area (Å²) >= 11 is 3.44. The summed E-state index contributed by atoms with van der Waals surface area (Å²) in [6.45, 7) is 3.03. The Labute approximate surface area is 104 Å². The maximum Gasteiger partial charge on any atom is 0.0514 e. The van der Waals surface area contributed by atoms with E-state index in [0.717, 1.165) is 35.4 Å². The van der Waals surface area contributed by atoms with E-state index in [1.165, 1.54) is 0 Å². The quantitative estimate of drug-likeness (QED) is 0.414. The Kier molecular flexibility index (Phi) is 6.07. The number of benzene rings is 1. The minimum Gasteiger partial charge on any atom is -0.398 e. The number of rotatable bonds is 6. The highest BCUT2D eigenvalue weighted by Gasteiger charge is 1.99. The Hall–Kier alpha value is -0.910. The van der Waals surface area contributed by atoms with Crippen molar-refractivity contribution in [3.63, 3.8) is 0 Å². The van der Waals surface area contributed by atoms with E-state index in [-0.39, 0.29) is 0 Å². The number of nitrogens with two attached hydrogens (primary N) is 2. The molecule has 16 heavy (non-hydrogen) atoms. The summed E-state index contributed by atoms with van der Waals surface area (Å²) < 4.78 is 0.964. The highest BCUT2D eigenvalue weighted by atomic mass is 79.9. The van der Waals surface area contributed by atoms with Crippen LogP contribution in [-0.2, 0) is 0 Å². The van der Waals surface area contributed by atoms with Crippen molar-refractivity contribution in [2.24, 2.45) is 10.7 Å². The van der Waals surface area contributed by atoms with Crippen LogP contribution in [0.25, 0.3) is 0 Å². The fourth-order valence-electron chi connectivity index (χ4n) is 1.22. The molecular formula is C11H17BrN4. The molecule has 0 radical (unpaired) electrons. The van der Waals surface area contributed by atoms with Crippen LogP contribution in [0.4, 0.5) is 5.69 Å². The molecule has 0 atom stereocenters. The highest BCUT2D eigenvalue weighted by Crippen LogP contribution is 2.20. The summed E-state index contributed by atoms with van der Waals surface area (Å²) in [6, 6.07) is 5.71. The molecule has 0 fully saturated rings. The summed E-state index contributed by atoms with van der Waals surface area (Å²) in [5, 5.41) is 3.17. The Morgan fingerprint density at radius 1 is 1.38 bits per heavy atom. The zero-order valence-electron chi connectivity index (χ0n) is 9.12. The van der Waals surface area contributed by atoms with E-state index >= 15 is 0 Å². The molecule has 0 aromatic heterocycles. The van der Waals surface area contributed by atoms with E-state index in [1.807, 2.05) is 18.2 Å². The van der Waals surface area contributed by atoms with Gasteiger partial charge in [-0.25, -0.2) is 0 Å². The third kappa shape index (κ3) is 4.30. The lowest BCUT2D eigenvalue weighted by Gasteiger charge is -2.02. The van der Waals surface area contributed by atoms with Crippen LogP contribution >= 0.6 is 15.9 Å². The van der Waals surface area contributed by atoms with Crippen molar-refractivity contribution in [1.82, 2.24) is 5.32 Å². The van der Waals surface area contributed by atoms with Crippen LogP contribution < -0.4 is 16.8 Å². The van der Waals surface area contributed by atoms with E-state index in [2.05, 4.69) is 26.2 Å². The van der Waals surface area contributed by atoms with E-state index < -0.39 is 0 Å². The van der Waals surface area contributed by atoms with Gasteiger partial charge < -0.3 is 16.8 Å². The molecule has 0 spiro atoms. The first-order chi connectivity index (χ1) is 7.75. The molecule has 0 saturated carbocycles. The Bertz CT molecular complexity index is 332. The van der Waals surface area contributed by atoms with Gasteiger partial charge in [0.25, 0.3) is 0 Å². The smallest absolute Gasteiger partial charge is 0.0514 e. The standard InChI is InChI=1S/C11H17BrN4/c12-10-2-1-3-11(14)9(10)8-16-7-6-15-5-4-13/h1-3,8,15H,4-7,13-14H2. The van der Waals surface area contributed by atoms with Gasteiger partial charge in [-0.15, -0.1) is 0 Å². The molecule has 0 amide bonds. The second kappa shape index (κ2) is 7.38. The summed E-state index contributed by atoms with van der Waals surface area (Å²) in [6.07, 6.45) is 1.80. The summed E-state index contributed by atoms with van der Waals surface area (Å²) in [5.74, 6) is 0. The molecule has 1 rings (SSSR count). The Balaban J connectivity index is 2.44. The predicted octanol–water partition coefficient (Wildman–Crippen LogP) is 0.999. The molecule has 0 aliphatic heterocycles. The number of nitrogen functional groups attached to an aromatic ring is 1. The monoisotopic (exact) mass is 284 g/mol. The van der Waals surface area contributed by atoms with Crippen molar-refractivity contribution < 1.29 is 0 Å².